The zero-order valence-electron chi connectivity index (χ0n) is 13.4. The van der Waals surface area contributed by atoms with E-state index in [1.165, 1.54) is 40.1 Å². The van der Waals surface area contributed by atoms with Crippen molar-refractivity contribution in [2.75, 3.05) is 16.8 Å². The maximum atomic E-state index is 13.6. The molecular formula is C18H17FN2O3. The molecule has 0 spiro atoms. The summed E-state index contributed by atoms with van der Waals surface area (Å²) in [6, 6.07) is 9.26. The number of hydrogen-bond donors (Lipinski definition) is 1. The first-order valence-electron chi connectivity index (χ1n) is 7.63. The van der Waals surface area contributed by atoms with Gasteiger partial charge in [-0.3, -0.25) is 14.5 Å². The summed E-state index contributed by atoms with van der Waals surface area (Å²) in [5, 5.41) is 9.61. The van der Waals surface area contributed by atoms with Crippen LogP contribution in [0.15, 0.2) is 42.5 Å². The lowest BCUT2D eigenvalue weighted by Crippen LogP contribution is -2.54. The van der Waals surface area contributed by atoms with E-state index in [2.05, 4.69) is 0 Å². The molecule has 1 N–H and O–H groups in total. The van der Waals surface area contributed by atoms with Crippen LogP contribution in [0.4, 0.5) is 15.8 Å². The molecule has 3 rings (SSSR count). The fourth-order valence-corrected chi connectivity index (χ4v) is 2.98. The summed E-state index contributed by atoms with van der Waals surface area (Å²) in [4.78, 5) is 28.3. The minimum absolute atomic E-state index is 0.0336. The van der Waals surface area contributed by atoms with Crippen molar-refractivity contribution < 1.29 is 19.1 Å². The number of nitrogens with zero attached hydrogens (tertiary/aromatic N) is 2. The summed E-state index contributed by atoms with van der Waals surface area (Å²) in [5.74, 6) is -1.20. The number of anilines is 2. The van der Waals surface area contributed by atoms with E-state index >= 15 is 0 Å². The van der Waals surface area contributed by atoms with Gasteiger partial charge < -0.3 is 10.0 Å². The molecule has 0 unspecified atom stereocenters. The fourth-order valence-electron chi connectivity index (χ4n) is 2.98. The third-order valence-corrected chi connectivity index (χ3v) is 4.18. The van der Waals surface area contributed by atoms with Crippen LogP contribution in [0.5, 0.6) is 5.75 Å². The number of hydrogen-bond acceptors (Lipinski definition) is 3. The molecule has 2 aromatic carbocycles. The van der Waals surface area contributed by atoms with Gasteiger partial charge in [0.25, 0.3) is 5.91 Å². The number of phenols is 1. The van der Waals surface area contributed by atoms with Crippen LogP contribution in [0.25, 0.3) is 0 Å². The second-order valence-electron chi connectivity index (χ2n) is 5.68. The predicted molar refractivity (Wildman–Crippen MR) is 88.8 cm³/mol. The minimum atomic E-state index is -0.678. The molecular weight excluding hydrogens is 311 g/mol. The van der Waals surface area contributed by atoms with Crippen molar-refractivity contribution in [1.82, 2.24) is 0 Å². The molecule has 0 radical (unpaired) electrons. The van der Waals surface area contributed by atoms with Crippen molar-refractivity contribution in [3.63, 3.8) is 0 Å². The molecule has 24 heavy (non-hydrogen) atoms. The largest absolute Gasteiger partial charge is 0.508 e. The molecule has 0 saturated carbocycles. The quantitative estimate of drug-likeness (QED) is 0.922. The van der Waals surface area contributed by atoms with E-state index in [9.17, 15) is 19.1 Å². The molecule has 1 heterocycles. The van der Waals surface area contributed by atoms with E-state index in [0.717, 1.165) is 0 Å². The highest BCUT2D eigenvalue weighted by Crippen LogP contribution is 2.37. The van der Waals surface area contributed by atoms with Crippen molar-refractivity contribution in [3.8, 4) is 5.75 Å². The third-order valence-electron chi connectivity index (χ3n) is 4.18. The Morgan fingerprint density at radius 3 is 2.62 bits per heavy atom. The molecule has 1 aliphatic heterocycles. The molecule has 1 atom stereocenters. The lowest BCUT2D eigenvalue weighted by molar-refractivity contribution is -0.119. The molecule has 1 aliphatic rings. The molecule has 2 aromatic rings. The highest BCUT2D eigenvalue weighted by Gasteiger charge is 2.39. The summed E-state index contributed by atoms with van der Waals surface area (Å²) < 4.78 is 13.6. The monoisotopic (exact) mass is 328 g/mol. The SMILES string of the molecule is CC[C@@H]1C(=O)N(C)c2cc(F)ccc2N1C(=O)c1cccc(O)c1. The molecule has 0 aliphatic carbocycles. The number of aromatic hydroxyl groups is 1. The average molecular weight is 328 g/mol. The molecule has 0 saturated heterocycles. The van der Waals surface area contributed by atoms with Crippen molar-refractivity contribution in [3.05, 3.63) is 53.8 Å². The second kappa shape index (κ2) is 5.96. The van der Waals surface area contributed by atoms with Gasteiger partial charge >= 0.3 is 0 Å². The van der Waals surface area contributed by atoms with Crippen LogP contribution in [0.2, 0.25) is 0 Å². The van der Waals surface area contributed by atoms with Gasteiger partial charge in [0.1, 0.15) is 17.6 Å². The number of amides is 2. The van der Waals surface area contributed by atoms with Crippen LogP contribution in [-0.2, 0) is 4.79 Å². The van der Waals surface area contributed by atoms with Crippen molar-refractivity contribution in [1.29, 1.82) is 0 Å². The van der Waals surface area contributed by atoms with Gasteiger partial charge in [-0.15, -0.1) is 0 Å². The van der Waals surface area contributed by atoms with Gasteiger partial charge in [-0.05, 0) is 42.8 Å². The van der Waals surface area contributed by atoms with Gasteiger partial charge in [-0.25, -0.2) is 4.39 Å². The number of halogens is 1. The van der Waals surface area contributed by atoms with Gasteiger partial charge in [0.05, 0.1) is 11.4 Å². The molecule has 124 valence electrons. The standard InChI is InChI=1S/C18H17FN2O3/c1-3-14-18(24)20(2)16-10-12(19)7-8-15(16)21(14)17(23)11-5-4-6-13(22)9-11/h4-10,14,22H,3H2,1-2H3/t14-/m1/s1. The van der Waals surface area contributed by atoms with E-state index < -0.39 is 17.8 Å². The first-order chi connectivity index (χ1) is 11.4. The Balaban J connectivity index is 2.15. The highest BCUT2D eigenvalue weighted by atomic mass is 19.1. The van der Waals surface area contributed by atoms with Crippen LogP contribution >= 0.6 is 0 Å². The Morgan fingerprint density at radius 2 is 1.96 bits per heavy atom. The molecule has 2 amide bonds. The maximum absolute atomic E-state index is 13.6. The van der Waals surface area contributed by atoms with E-state index in [0.29, 0.717) is 17.8 Å². The molecule has 0 fully saturated rings. The van der Waals surface area contributed by atoms with E-state index in [4.69, 9.17) is 0 Å². The Bertz CT molecular complexity index is 822. The van der Waals surface area contributed by atoms with Crippen LogP contribution in [0.1, 0.15) is 23.7 Å². The molecule has 6 heteroatoms. The van der Waals surface area contributed by atoms with Gasteiger partial charge in [0.15, 0.2) is 0 Å². The lowest BCUT2D eigenvalue weighted by atomic mass is 10.0. The Kier molecular flexibility index (Phi) is 3.97. The summed E-state index contributed by atoms with van der Waals surface area (Å²) in [6.07, 6.45) is 0.421. The summed E-state index contributed by atoms with van der Waals surface area (Å²) in [7, 11) is 1.57. The Labute approximate surface area is 138 Å². The third kappa shape index (κ3) is 2.50. The molecule has 5 nitrogen and oxygen atoms in total. The fraction of sp³-hybridized carbons (Fsp3) is 0.222. The van der Waals surface area contributed by atoms with E-state index in [1.54, 1.807) is 19.2 Å². The highest BCUT2D eigenvalue weighted by molar-refractivity contribution is 6.17. The van der Waals surface area contributed by atoms with Crippen molar-refractivity contribution in [2.45, 2.75) is 19.4 Å². The Hall–Kier alpha value is -2.89. The van der Waals surface area contributed by atoms with Crippen LogP contribution in [0, 0.1) is 5.82 Å². The first-order valence-corrected chi connectivity index (χ1v) is 7.63. The van der Waals surface area contributed by atoms with Gasteiger partial charge in [-0.1, -0.05) is 13.0 Å². The molecule has 0 bridgehead atoms. The first kappa shape index (κ1) is 16.0. The summed E-state index contributed by atoms with van der Waals surface area (Å²) in [6.45, 7) is 1.81. The number of rotatable bonds is 2. The van der Waals surface area contributed by atoms with Crippen molar-refractivity contribution >= 4 is 23.2 Å². The number of phenolic OH excluding ortho intramolecular Hbond substituents is 1. The topological polar surface area (TPSA) is 60.9 Å². The van der Waals surface area contributed by atoms with Crippen LogP contribution < -0.4 is 9.80 Å². The van der Waals surface area contributed by atoms with Gasteiger partial charge in [-0.2, -0.15) is 0 Å². The smallest absolute Gasteiger partial charge is 0.259 e. The number of benzene rings is 2. The van der Waals surface area contributed by atoms with Crippen molar-refractivity contribution in [2.24, 2.45) is 0 Å². The normalized spacial score (nSPS) is 17.0. The summed E-state index contributed by atoms with van der Waals surface area (Å²) >= 11 is 0. The van der Waals surface area contributed by atoms with Gasteiger partial charge in [0.2, 0.25) is 5.91 Å². The Morgan fingerprint density at radius 1 is 1.21 bits per heavy atom. The number of likely N-dealkylation sites (N-methyl/N-ethyl adjacent to an activating group) is 1. The second-order valence-corrected chi connectivity index (χ2v) is 5.68. The number of carbonyl (C=O) groups is 2. The lowest BCUT2D eigenvalue weighted by Gasteiger charge is -2.40. The number of fused-ring (bicyclic) bond motifs is 1. The van der Waals surface area contributed by atoms with E-state index in [-0.39, 0.29) is 17.2 Å². The predicted octanol–water partition coefficient (Wildman–Crippen LogP) is 2.93. The summed E-state index contributed by atoms with van der Waals surface area (Å²) in [5.41, 5.74) is 1.08. The van der Waals surface area contributed by atoms with Gasteiger partial charge in [0, 0.05) is 12.6 Å². The zero-order valence-corrected chi connectivity index (χ0v) is 13.4. The maximum Gasteiger partial charge on any atom is 0.259 e. The van der Waals surface area contributed by atoms with Crippen LogP contribution in [-0.4, -0.2) is 30.0 Å². The number of carbonyl (C=O) groups excluding carboxylic acids is 2. The average Bonchev–Trinajstić information content (AvgIpc) is 2.57. The van der Waals surface area contributed by atoms with Crippen LogP contribution in [0.3, 0.4) is 0 Å². The minimum Gasteiger partial charge on any atom is -0.508 e. The molecule has 0 aromatic heterocycles. The zero-order chi connectivity index (χ0) is 17.4. The van der Waals surface area contributed by atoms with E-state index in [1.807, 2.05) is 6.92 Å².